The third-order valence-corrected chi connectivity index (χ3v) is 3.95. The molecule has 0 radical (unpaired) electrons. The van der Waals surface area contributed by atoms with E-state index in [4.69, 9.17) is 15.9 Å². The van der Waals surface area contributed by atoms with Crippen LogP contribution in [0.15, 0.2) is 0 Å². The predicted octanol–water partition coefficient (Wildman–Crippen LogP) is -1.59. The number of hydrogen-bond donors (Lipinski definition) is 6. The Hall–Kier alpha value is -2.69. The number of amides is 3. The summed E-state index contributed by atoms with van der Waals surface area (Å²) in [7, 11) is 0. The molecule has 11 nitrogen and oxygen atoms in total. The first-order valence-electron chi connectivity index (χ1n) is 8.51. The molecule has 0 aromatic heterocycles. The molecule has 0 saturated carbocycles. The van der Waals surface area contributed by atoms with E-state index in [2.05, 4.69) is 16.0 Å². The molecule has 0 aromatic rings. The van der Waals surface area contributed by atoms with E-state index < -0.39 is 60.2 Å². The van der Waals surface area contributed by atoms with Gasteiger partial charge in [-0.15, -0.1) is 0 Å². The largest absolute Gasteiger partial charge is 0.481 e. The van der Waals surface area contributed by atoms with Crippen molar-refractivity contribution in [3.63, 3.8) is 0 Å². The normalized spacial score (nSPS) is 16.2. The van der Waals surface area contributed by atoms with Crippen LogP contribution in [0.3, 0.4) is 0 Å². The summed E-state index contributed by atoms with van der Waals surface area (Å²) in [5, 5.41) is 24.7. The maximum absolute atomic E-state index is 12.5. The second-order valence-electron chi connectivity index (χ2n) is 6.39. The molecular formula is C16H28N4O7. The lowest BCUT2D eigenvalue weighted by Gasteiger charge is -2.27. The maximum Gasteiger partial charge on any atom is 0.325 e. The first kappa shape index (κ1) is 24.3. The van der Waals surface area contributed by atoms with E-state index in [0.717, 1.165) is 0 Å². The second-order valence-corrected chi connectivity index (χ2v) is 6.39. The highest BCUT2D eigenvalue weighted by atomic mass is 16.4. The summed E-state index contributed by atoms with van der Waals surface area (Å²) >= 11 is 0. The lowest BCUT2D eigenvalue weighted by molar-refractivity contribution is -0.143. The molecular weight excluding hydrogens is 360 g/mol. The fourth-order valence-corrected chi connectivity index (χ4v) is 2.01. The first-order chi connectivity index (χ1) is 12.4. The third kappa shape index (κ3) is 8.49. The van der Waals surface area contributed by atoms with Gasteiger partial charge in [-0.25, -0.2) is 0 Å². The smallest absolute Gasteiger partial charge is 0.325 e. The monoisotopic (exact) mass is 388 g/mol. The fraction of sp³-hybridized carbons (Fsp3) is 0.688. The Morgan fingerprint density at radius 2 is 1.44 bits per heavy atom. The van der Waals surface area contributed by atoms with Crippen molar-refractivity contribution in [3.8, 4) is 0 Å². The molecule has 0 fully saturated rings. The molecule has 27 heavy (non-hydrogen) atoms. The molecule has 0 rings (SSSR count). The number of nitrogens with two attached hydrogens (primary N) is 1. The minimum absolute atomic E-state index is 0.371. The van der Waals surface area contributed by atoms with Gasteiger partial charge < -0.3 is 31.9 Å². The molecule has 0 aliphatic rings. The van der Waals surface area contributed by atoms with E-state index in [1.165, 1.54) is 13.8 Å². The minimum atomic E-state index is -1.43. The predicted molar refractivity (Wildman–Crippen MR) is 94.5 cm³/mol. The Labute approximate surface area is 157 Å². The third-order valence-electron chi connectivity index (χ3n) is 3.95. The average Bonchev–Trinajstić information content (AvgIpc) is 2.57. The quantitative estimate of drug-likeness (QED) is 0.244. The zero-order valence-corrected chi connectivity index (χ0v) is 15.8. The summed E-state index contributed by atoms with van der Waals surface area (Å²) in [6, 6.07) is -4.67. The molecule has 5 unspecified atom stereocenters. The van der Waals surface area contributed by atoms with Crippen LogP contribution in [0.5, 0.6) is 0 Å². The van der Waals surface area contributed by atoms with E-state index in [1.54, 1.807) is 13.8 Å². The van der Waals surface area contributed by atoms with Gasteiger partial charge in [0.15, 0.2) is 0 Å². The molecule has 0 aliphatic heterocycles. The Balaban J connectivity index is 5.36. The van der Waals surface area contributed by atoms with E-state index in [1.807, 2.05) is 0 Å². The lowest BCUT2D eigenvalue weighted by Crippen LogP contribution is -2.58. The number of carbonyl (C=O) groups excluding carboxylic acids is 3. The maximum atomic E-state index is 12.5. The number of carboxylic acid groups (broad SMARTS) is 2. The Bertz CT molecular complexity index is 579. The average molecular weight is 388 g/mol. The number of aliphatic carboxylic acids is 2. The molecule has 5 atom stereocenters. The van der Waals surface area contributed by atoms with Gasteiger partial charge >= 0.3 is 11.9 Å². The van der Waals surface area contributed by atoms with Crippen molar-refractivity contribution in [1.29, 1.82) is 0 Å². The Morgan fingerprint density at radius 3 is 1.85 bits per heavy atom. The van der Waals surface area contributed by atoms with Crippen LogP contribution in [-0.4, -0.2) is 64.0 Å². The van der Waals surface area contributed by atoms with Gasteiger partial charge in [0, 0.05) is 0 Å². The Morgan fingerprint density at radius 1 is 0.889 bits per heavy atom. The topological polar surface area (TPSA) is 188 Å². The van der Waals surface area contributed by atoms with Crippen molar-refractivity contribution >= 4 is 29.7 Å². The van der Waals surface area contributed by atoms with Gasteiger partial charge in [0.05, 0.1) is 12.5 Å². The minimum Gasteiger partial charge on any atom is -0.481 e. The van der Waals surface area contributed by atoms with Crippen LogP contribution in [-0.2, 0) is 24.0 Å². The zero-order chi connectivity index (χ0) is 21.3. The van der Waals surface area contributed by atoms with Gasteiger partial charge in [-0.05, 0) is 19.8 Å². The Kier molecular flexibility index (Phi) is 10.0. The molecule has 11 heteroatoms. The number of carboxylic acids is 2. The summed E-state index contributed by atoms with van der Waals surface area (Å²) in [5.74, 6) is -5.27. The van der Waals surface area contributed by atoms with Crippen LogP contribution in [0.2, 0.25) is 0 Å². The van der Waals surface area contributed by atoms with Gasteiger partial charge in [-0.2, -0.15) is 0 Å². The summed E-state index contributed by atoms with van der Waals surface area (Å²) in [4.78, 5) is 58.4. The van der Waals surface area contributed by atoms with E-state index in [-0.39, 0.29) is 5.92 Å². The summed E-state index contributed by atoms with van der Waals surface area (Å²) < 4.78 is 0. The molecule has 0 saturated heterocycles. The van der Waals surface area contributed by atoms with Crippen LogP contribution in [0.25, 0.3) is 0 Å². The molecule has 0 spiro atoms. The molecule has 154 valence electrons. The SMILES string of the molecule is CCC(C)C(NC(=O)C(CC(=O)O)NC(=O)C(C)N)C(=O)NC(C)C(=O)O. The van der Waals surface area contributed by atoms with Crippen molar-refractivity contribution in [1.82, 2.24) is 16.0 Å². The van der Waals surface area contributed by atoms with Crippen LogP contribution in [0, 0.1) is 5.92 Å². The van der Waals surface area contributed by atoms with Crippen molar-refractivity contribution in [2.24, 2.45) is 11.7 Å². The highest BCUT2D eigenvalue weighted by Crippen LogP contribution is 2.09. The standard InChI is InChI=1S/C16H28N4O7/c1-5-7(2)12(15(25)18-9(4)16(26)27)20-14(24)10(6-11(21)22)19-13(23)8(3)17/h7-10,12H,5-6,17H2,1-4H3,(H,18,25)(H,19,23)(H,20,24)(H,21,22)(H,26,27). The first-order valence-corrected chi connectivity index (χ1v) is 8.51. The molecule has 3 amide bonds. The van der Waals surface area contributed by atoms with Crippen molar-refractivity contribution in [2.45, 2.75) is 64.7 Å². The van der Waals surface area contributed by atoms with Gasteiger partial charge in [-0.3, -0.25) is 24.0 Å². The highest BCUT2D eigenvalue weighted by molar-refractivity contribution is 5.95. The summed E-state index contributed by atoms with van der Waals surface area (Å²) in [6.45, 7) is 6.08. The summed E-state index contributed by atoms with van der Waals surface area (Å²) in [5.41, 5.74) is 5.41. The summed E-state index contributed by atoms with van der Waals surface area (Å²) in [6.07, 6.45) is -0.222. The molecule has 0 heterocycles. The van der Waals surface area contributed by atoms with Gasteiger partial charge in [0.2, 0.25) is 17.7 Å². The van der Waals surface area contributed by atoms with Crippen LogP contribution < -0.4 is 21.7 Å². The fourth-order valence-electron chi connectivity index (χ4n) is 2.01. The number of hydrogen-bond acceptors (Lipinski definition) is 6. The van der Waals surface area contributed by atoms with Crippen LogP contribution in [0.1, 0.15) is 40.5 Å². The van der Waals surface area contributed by atoms with E-state index in [0.29, 0.717) is 6.42 Å². The molecule has 0 aliphatic carbocycles. The zero-order valence-electron chi connectivity index (χ0n) is 15.8. The van der Waals surface area contributed by atoms with Crippen molar-refractivity contribution in [3.05, 3.63) is 0 Å². The van der Waals surface area contributed by atoms with E-state index >= 15 is 0 Å². The van der Waals surface area contributed by atoms with Crippen molar-refractivity contribution in [2.75, 3.05) is 0 Å². The second kappa shape index (κ2) is 11.1. The van der Waals surface area contributed by atoms with Crippen LogP contribution >= 0.6 is 0 Å². The number of carbonyl (C=O) groups is 5. The number of nitrogens with one attached hydrogen (secondary N) is 3. The molecule has 0 aromatic carbocycles. The molecule has 7 N–H and O–H groups in total. The van der Waals surface area contributed by atoms with E-state index in [9.17, 15) is 24.0 Å². The highest BCUT2D eigenvalue weighted by Gasteiger charge is 2.32. The van der Waals surface area contributed by atoms with Gasteiger partial charge in [0.25, 0.3) is 0 Å². The molecule has 0 bridgehead atoms. The van der Waals surface area contributed by atoms with Gasteiger partial charge in [0.1, 0.15) is 18.1 Å². The lowest BCUT2D eigenvalue weighted by atomic mass is 9.97. The van der Waals surface area contributed by atoms with Crippen LogP contribution in [0.4, 0.5) is 0 Å². The van der Waals surface area contributed by atoms with Crippen molar-refractivity contribution < 1.29 is 34.2 Å². The number of rotatable bonds is 11. The van der Waals surface area contributed by atoms with Gasteiger partial charge in [-0.1, -0.05) is 20.3 Å².